The fourth-order valence-electron chi connectivity index (χ4n) is 2.03. The van der Waals surface area contributed by atoms with E-state index in [2.05, 4.69) is 15.4 Å². The van der Waals surface area contributed by atoms with Gasteiger partial charge in [-0.15, -0.1) is 0 Å². The van der Waals surface area contributed by atoms with E-state index in [-0.39, 0.29) is 27.9 Å². The maximum absolute atomic E-state index is 11.7. The highest BCUT2D eigenvalue weighted by Crippen LogP contribution is 2.32. The fourth-order valence-corrected chi connectivity index (χ4v) is 2.03. The Balaban J connectivity index is 2.40. The molecule has 0 saturated carbocycles. The van der Waals surface area contributed by atoms with Crippen molar-refractivity contribution in [1.82, 2.24) is 15.4 Å². The number of para-hydroxylation sites is 1. The molecule has 1 N–H and O–H groups in total. The van der Waals surface area contributed by atoms with Crippen LogP contribution in [0.1, 0.15) is 5.69 Å². The molecule has 0 aliphatic rings. The van der Waals surface area contributed by atoms with Crippen molar-refractivity contribution < 1.29 is 9.45 Å². The van der Waals surface area contributed by atoms with Crippen LogP contribution in [0, 0.1) is 17.0 Å². The predicted octanol–water partition coefficient (Wildman–Crippen LogP) is 1.79. The number of rotatable bonds is 2. The van der Waals surface area contributed by atoms with Crippen LogP contribution in [-0.4, -0.2) is 20.3 Å². The number of nitro groups is 1. The molecular weight excluding hydrogens is 264 g/mol. The average molecular weight is 272 g/mol. The molecule has 0 bridgehead atoms. The monoisotopic (exact) mass is 272 g/mol. The third-order valence-electron chi connectivity index (χ3n) is 2.93. The van der Waals surface area contributed by atoms with Gasteiger partial charge >= 0.3 is 0 Å². The minimum absolute atomic E-state index is 0.123. The van der Waals surface area contributed by atoms with E-state index in [4.69, 9.17) is 4.52 Å². The Hall–Kier alpha value is -3.03. The predicted molar refractivity (Wildman–Crippen MR) is 69.3 cm³/mol. The van der Waals surface area contributed by atoms with Crippen molar-refractivity contribution in [2.24, 2.45) is 0 Å². The van der Waals surface area contributed by atoms with E-state index < -0.39 is 10.5 Å². The van der Waals surface area contributed by atoms with Crippen molar-refractivity contribution in [3.05, 3.63) is 50.4 Å². The molecule has 0 fully saturated rings. The normalized spacial score (nSPS) is 10.8. The Labute approximate surface area is 111 Å². The maximum atomic E-state index is 11.7. The van der Waals surface area contributed by atoms with Crippen LogP contribution in [0.5, 0.6) is 0 Å². The molecule has 8 nitrogen and oxygen atoms in total. The lowest BCUT2D eigenvalue weighted by molar-refractivity contribution is -0.384. The zero-order chi connectivity index (χ0) is 14.3. The van der Waals surface area contributed by atoms with Crippen molar-refractivity contribution >= 4 is 16.7 Å². The maximum Gasteiger partial charge on any atom is 0.278 e. The van der Waals surface area contributed by atoms with Crippen LogP contribution in [-0.2, 0) is 0 Å². The van der Waals surface area contributed by atoms with Crippen LogP contribution in [0.15, 0.2) is 33.6 Å². The molecule has 3 aromatic rings. The van der Waals surface area contributed by atoms with E-state index in [0.717, 1.165) is 0 Å². The van der Waals surface area contributed by atoms with Crippen molar-refractivity contribution in [1.29, 1.82) is 0 Å². The Bertz CT molecular complexity index is 881. The highest BCUT2D eigenvalue weighted by atomic mass is 16.6. The summed E-state index contributed by atoms with van der Waals surface area (Å²) in [7, 11) is 0. The zero-order valence-electron chi connectivity index (χ0n) is 10.3. The number of aromatic nitrogens is 3. The largest absolute Gasteiger partial charge is 0.353 e. The highest BCUT2D eigenvalue weighted by molar-refractivity contribution is 5.92. The van der Waals surface area contributed by atoms with E-state index in [9.17, 15) is 14.9 Å². The smallest absolute Gasteiger partial charge is 0.278 e. The molecule has 0 aliphatic heterocycles. The van der Waals surface area contributed by atoms with Gasteiger partial charge in [0.05, 0.1) is 16.2 Å². The molecular formula is C12H8N4O4. The van der Waals surface area contributed by atoms with Crippen molar-refractivity contribution in [3.63, 3.8) is 0 Å². The van der Waals surface area contributed by atoms with Crippen LogP contribution in [0.25, 0.3) is 22.2 Å². The molecule has 100 valence electrons. The first-order valence-corrected chi connectivity index (χ1v) is 5.68. The third-order valence-corrected chi connectivity index (χ3v) is 2.93. The van der Waals surface area contributed by atoms with Crippen LogP contribution in [0.4, 0.5) is 5.69 Å². The second-order valence-electron chi connectivity index (χ2n) is 4.15. The lowest BCUT2D eigenvalue weighted by Crippen LogP contribution is -2.09. The summed E-state index contributed by atoms with van der Waals surface area (Å²) in [5.74, 6) is 0. The van der Waals surface area contributed by atoms with E-state index in [1.54, 1.807) is 19.1 Å². The average Bonchev–Trinajstić information content (AvgIpc) is 2.82. The number of nitrogens with one attached hydrogen (secondary N) is 1. The number of benzene rings is 1. The fraction of sp³-hybridized carbons (Fsp3) is 0.0833. The molecule has 8 heteroatoms. The van der Waals surface area contributed by atoms with Gasteiger partial charge in [-0.1, -0.05) is 17.3 Å². The summed E-state index contributed by atoms with van der Waals surface area (Å²) in [4.78, 5) is 22.3. The van der Waals surface area contributed by atoms with Gasteiger partial charge in [0.2, 0.25) is 5.58 Å². The highest BCUT2D eigenvalue weighted by Gasteiger charge is 2.22. The van der Waals surface area contributed by atoms with Crippen molar-refractivity contribution in [2.75, 3.05) is 0 Å². The van der Waals surface area contributed by atoms with E-state index in [1.165, 1.54) is 12.1 Å². The van der Waals surface area contributed by atoms with Gasteiger partial charge in [-0.05, 0) is 13.0 Å². The first-order chi connectivity index (χ1) is 9.59. The van der Waals surface area contributed by atoms with Gasteiger partial charge in [-0.25, -0.2) is 5.10 Å². The molecule has 0 radical (unpaired) electrons. The number of hydrogen-bond donors (Lipinski definition) is 1. The van der Waals surface area contributed by atoms with Gasteiger partial charge in [0.25, 0.3) is 11.2 Å². The van der Waals surface area contributed by atoms with Crippen LogP contribution in [0.2, 0.25) is 0 Å². The summed E-state index contributed by atoms with van der Waals surface area (Å²) >= 11 is 0. The van der Waals surface area contributed by atoms with Crippen LogP contribution in [0.3, 0.4) is 0 Å². The number of H-pyrrole nitrogens is 1. The molecule has 2 aromatic heterocycles. The van der Waals surface area contributed by atoms with Crippen molar-refractivity contribution in [3.8, 4) is 11.3 Å². The van der Waals surface area contributed by atoms with Crippen LogP contribution >= 0.6 is 0 Å². The van der Waals surface area contributed by atoms with E-state index in [1.807, 2.05) is 0 Å². The number of aryl methyl sites for hydroxylation is 1. The summed E-state index contributed by atoms with van der Waals surface area (Å²) in [6.45, 7) is 1.62. The van der Waals surface area contributed by atoms with Crippen molar-refractivity contribution in [2.45, 2.75) is 6.92 Å². The SMILES string of the molecule is Cc1noc2c(-c3ccccc3[N+](=O)[O-])n[nH]c(=O)c12. The molecule has 0 aliphatic carbocycles. The molecule has 0 unspecified atom stereocenters. The lowest BCUT2D eigenvalue weighted by atomic mass is 10.1. The van der Waals surface area contributed by atoms with E-state index >= 15 is 0 Å². The van der Waals surface area contributed by atoms with Gasteiger partial charge in [0.15, 0.2) is 0 Å². The van der Waals surface area contributed by atoms with Gasteiger partial charge in [0, 0.05) is 6.07 Å². The second-order valence-corrected chi connectivity index (χ2v) is 4.15. The molecule has 0 amide bonds. The van der Waals surface area contributed by atoms with Gasteiger partial charge in [-0.2, -0.15) is 5.10 Å². The summed E-state index contributed by atoms with van der Waals surface area (Å²) in [6.07, 6.45) is 0. The first kappa shape index (κ1) is 12.0. The topological polar surface area (TPSA) is 115 Å². The number of fused-ring (bicyclic) bond motifs is 1. The number of hydrogen-bond acceptors (Lipinski definition) is 6. The minimum Gasteiger partial charge on any atom is -0.353 e. The Morgan fingerprint density at radius 1 is 1.35 bits per heavy atom. The number of nitro benzene ring substituents is 1. The van der Waals surface area contributed by atoms with Crippen LogP contribution < -0.4 is 5.56 Å². The second kappa shape index (κ2) is 4.26. The lowest BCUT2D eigenvalue weighted by Gasteiger charge is -2.01. The molecule has 0 atom stereocenters. The van der Waals surface area contributed by atoms with Gasteiger partial charge in [-0.3, -0.25) is 14.9 Å². The number of nitrogens with zero attached hydrogens (tertiary/aromatic N) is 3. The minimum atomic E-state index is -0.517. The van der Waals surface area contributed by atoms with E-state index in [0.29, 0.717) is 5.69 Å². The molecule has 20 heavy (non-hydrogen) atoms. The molecule has 3 rings (SSSR count). The molecule has 0 spiro atoms. The Morgan fingerprint density at radius 3 is 2.85 bits per heavy atom. The molecule has 1 aromatic carbocycles. The first-order valence-electron chi connectivity index (χ1n) is 5.68. The van der Waals surface area contributed by atoms with Gasteiger partial charge in [0.1, 0.15) is 11.1 Å². The molecule has 0 saturated heterocycles. The summed E-state index contributed by atoms with van der Waals surface area (Å²) in [5.41, 5.74) is 0.426. The standard InChI is InChI=1S/C12H8N4O4/c1-6-9-11(20-15-6)10(13-14-12(9)17)7-4-2-3-5-8(7)16(18)19/h2-5H,1H3,(H,14,17). The quantitative estimate of drug-likeness (QED) is 0.561. The zero-order valence-corrected chi connectivity index (χ0v) is 10.3. The molecule has 2 heterocycles. The summed E-state index contributed by atoms with van der Waals surface area (Å²) in [6, 6.07) is 6.09. The van der Waals surface area contributed by atoms with Gasteiger partial charge < -0.3 is 4.52 Å². The Kier molecular flexibility index (Phi) is 2.56. The summed E-state index contributed by atoms with van der Waals surface area (Å²) in [5, 5.41) is 21.2. The third kappa shape index (κ3) is 1.66. The summed E-state index contributed by atoms with van der Waals surface area (Å²) < 4.78 is 5.09. The Morgan fingerprint density at radius 2 is 2.10 bits per heavy atom. The number of aromatic amines is 1.